The van der Waals surface area contributed by atoms with Crippen LogP contribution >= 0.6 is 0 Å². The zero-order valence-electron chi connectivity index (χ0n) is 7.69. The maximum absolute atomic E-state index is 8.77. The standard InChI is InChI=1S/C5H12O5.C2H6O2/c6-1-3(8)5(10)4(9)2-7;3-1-2-4/h3-10H,1-2H2;3-4H,1-2H2/t3-,4+,5+;. The molecule has 0 rings (SSSR count). The molecule has 0 spiro atoms. The van der Waals surface area contributed by atoms with Gasteiger partial charge in [-0.1, -0.05) is 0 Å². The summed E-state index contributed by atoms with van der Waals surface area (Å²) in [4.78, 5) is 0. The number of aliphatic hydroxyl groups is 7. The van der Waals surface area contributed by atoms with Crippen molar-refractivity contribution in [2.24, 2.45) is 0 Å². The highest BCUT2D eigenvalue weighted by molar-refractivity contribution is 4.73. The maximum Gasteiger partial charge on any atom is 0.110 e. The number of hydrogen-bond acceptors (Lipinski definition) is 7. The van der Waals surface area contributed by atoms with E-state index < -0.39 is 31.5 Å². The Morgan fingerprint density at radius 2 is 0.929 bits per heavy atom. The van der Waals surface area contributed by atoms with Crippen LogP contribution in [0, 0.1) is 0 Å². The van der Waals surface area contributed by atoms with E-state index in [-0.39, 0.29) is 13.2 Å². The van der Waals surface area contributed by atoms with Gasteiger partial charge in [0.25, 0.3) is 0 Å². The van der Waals surface area contributed by atoms with E-state index in [0.717, 1.165) is 0 Å². The largest absolute Gasteiger partial charge is 0.394 e. The third-order valence-corrected chi connectivity index (χ3v) is 1.26. The molecule has 0 aromatic carbocycles. The molecule has 0 saturated carbocycles. The lowest BCUT2D eigenvalue weighted by molar-refractivity contribution is -0.0900. The van der Waals surface area contributed by atoms with E-state index in [0.29, 0.717) is 0 Å². The van der Waals surface area contributed by atoms with Gasteiger partial charge in [0.1, 0.15) is 18.3 Å². The summed E-state index contributed by atoms with van der Waals surface area (Å²) in [6.07, 6.45) is -4.29. The van der Waals surface area contributed by atoms with Crippen LogP contribution in [-0.4, -0.2) is 80.5 Å². The minimum absolute atomic E-state index is 0.125. The lowest BCUT2D eigenvalue weighted by Crippen LogP contribution is -2.41. The molecule has 7 N–H and O–H groups in total. The Bertz CT molecular complexity index is 98.2. The fraction of sp³-hybridized carbons (Fsp3) is 1.00. The van der Waals surface area contributed by atoms with Gasteiger partial charge in [0.05, 0.1) is 26.4 Å². The number of aliphatic hydroxyl groups excluding tert-OH is 7. The molecule has 0 bridgehead atoms. The van der Waals surface area contributed by atoms with Gasteiger partial charge in [-0.15, -0.1) is 0 Å². The van der Waals surface area contributed by atoms with Gasteiger partial charge in [0, 0.05) is 0 Å². The van der Waals surface area contributed by atoms with Crippen molar-refractivity contribution in [2.45, 2.75) is 18.3 Å². The van der Waals surface area contributed by atoms with Gasteiger partial charge >= 0.3 is 0 Å². The van der Waals surface area contributed by atoms with Crippen LogP contribution in [0.4, 0.5) is 0 Å². The molecule has 0 aromatic rings. The summed E-state index contributed by atoms with van der Waals surface area (Å²) in [6.45, 7) is -1.53. The van der Waals surface area contributed by atoms with E-state index in [1.165, 1.54) is 0 Å². The molecular weight excluding hydrogens is 196 g/mol. The molecule has 3 atom stereocenters. The summed E-state index contributed by atoms with van der Waals surface area (Å²) in [5.41, 5.74) is 0. The molecule has 0 aliphatic rings. The van der Waals surface area contributed by atoms with Gasteiger partial charge in [-0.2, -0.15) is 0 Å². The van der Waals surface area contributed by atoms with Crippen molar-refractivity contribution in [3.63, 3.8) is 0 Å². The van der Waals surface area contributed by atoms with Gasteiger partial charge in [-0.25, -0.2) is 0 Å². The van der Waals surface area contributed by atoms with Crippen molar-refractivity contribution in [3.8, 4) is 0 Å². The van der Waals surface area contributed by atoms with Crippen molar-refractivity contribution >= 4 is 0 Å². The minimum atomic E-state index is -1.49. The Morgan fingerprint density at radius 3 is 1.07 bits per heavy atom. The van der Waals surface area contributed by atoms with Crippen molar-refractivity contribution in [2.75, 3.05) is 26.4 Å². The van der Waals surface area contributed by atoms with Gasteiger partial charge in [-0.05, 0) is 0 Å². The summed E-state index contributed by atoms with van der Waals surface area (Å²) in [7, 11) is 0. The summed E-state index contributed by atoms with van der Waals surface area (Å²) in [5, 5.41) is 57.8. The second-order valence-electron chi connectivity index (χ2n) is 2.44. The SMILES string of the molecule is OCCO.OC[C@@H](O)[C@H](O)[C@@H](O)CO. The molecule has 0 radical (unpaired) electrons. The maximum atomic E-state index is 8.77. The second kappa shape index (κ2) is 10.8. The third-order valence-electron chi connectivity index (χ3n) is 1.26. The topological polar surface area (TPSA) is 142 Å². The minimum Gasteiger partial charge on any atom is -0.394 e. The molecule has 14 heavy (non-hydrogen) atoms. The van der Waals surface area contributed by atoms with E-state index in [1.807, 2.05) is 0 Å². The lowest BCUT2D eigenvalue weighted by atomic mass is 10.1. The molecule has 0 saturated heterocycles. The van der Waals surface area contributed by atoms with Crippen LogP contribution < -0.4 is 0 Å². The fourth-order valence-corrected chi connectivity index (χ4v) is 0.472. The average Bonchev–Trinajstić information content (AvgIpc) is 2.26. The van der Waals surface area contributed by atoms with E-state index in [2.05, 4.69) is 0 Å². The van der Waals surface area contributed by atoms with Crippen molar-refractivity contribution in [1.29, 1.82) is 0 Å². The Hall–Kier alpha value is -0.280. The molecule has 0 heterocycles. The van der Waals surface area contributed by atoms with Crippen LogP contribution in [0.3, 0.4) is 0 Å². The first-order valence-corrected chi connectivity index (χ1v) is 4.02. The number of rotatable bonds is 5. The molecule has 88 valence electrons. The summed E-state index contributed by atoms with van der Waals surface area (Å²) in [6, 6.07) is 0. The molecular formula is C7H18O7. The zero-order valence-corrected chi connectivity index (χ0v) is 7.69. The quantitative estimate of drug-likeness (QED) is 0.247. The van der Waals surface area contributed by atoms with E-state index in [4.69, 9.17) is 35.7 Å². The van der Waals surface area contributed by atoms with E-state index in [9.17, 15) is 0 Å². The molecule has 0 unspecified atom stereocenters. The van der Waals surface area contributed by atoms with Crippen molar-refractivity contribution in [3.05, 3.63) is 0 Å². The Labute approximate surface area is 81.5 Å². The van der Waals surface area contributed by atoms with Gasteiger partial charge in [0.15, 0.2) is 0 Å². The van der Waals surface area contributed by atoms with Gasteiger partial charge < -0.3 is 35.7 Å². The molecule has 7 nitrogen and oxygen atoms in total. The Balaban J connectivity index is 0. The predicted molar refractivity (Wildman–Crippen MR) is 46.4 cm³/mol. The van der Waals surface area contributed by atoms with Crippen molar-refractivity contribution < 1.29 is 35.7 Å². The normalized spacial score (nSPS) is 16.5. The van der Waals surface area contributed by atoms with Gasteiger partial charge in [0.2, 0.25) is 0 Å². The summed E-state index contributed by atoms with van der Waals surface area (Å²) in [5.74, 6) is 0. The fourth-order valence-electron chi connectivity index (χ4n) is 0.472. The lowest BCUT2D eigenvalue weighted by Gasteiger charge is -2.19. The smallest absolute Gasteiger partial charge is 0.110 e. The zero-order chi connectivity index (χ0) is 11.6. The van der Waals surface area contributed by atoms with Crippen LogP contribution in [0.2, 0.25) is 0 Å². The number of hydrogen-bond donors (Lipinski definition) is 7. The highest BCUT2D eigenvalue weighted by Gasteiger charge is 2.22. The molecule has 0 aromatic heterocycles. The van der Waals surface area contributed by atoms with Gasteiger partial charge in [-0.3, -0.25) is 0 Å². The molecule has 0 aliphatic carbocycles. The molecule has 0 amide bonds. The van der Waals surface area contributed by atoms with Crippen LogP contribution in [0.15, 0.2) is 0 Å². The van der Waals surface area contributed by atoms with Crippen LogP contribution in [0.1, 0.15) is 0 Å². The van der Waals surface area contributed by atoms with Crippen LogP contribution in [-0.2, 0) is 0 Å². The summed E-state index contributed by atoms with van der Waals surface area (Å²) >= 11 is 0. The highest BCUT2D eigenvalue weighted by Crippen LogP contribution is 1.97. The Morgan fingerprint density at radius 1 is 0.643 bits per heavy atom. The first kappa shape index (κ1) is 16.2. The van der Waals surface area contributed by atoms with Crippen molar-refractivity contribution in [1.82, 2.24) is 0 Å². The van der Waals surface area contributed by atoms with E-state index >= 15 is 0 Å². The predicted octanol–water partition coefficient (Wildman–Crippen LogP) is -3.98. The molecule has 7 heteroatoms. The monoisotopic (exact) mass is 214 g/mol. The average molecular weight is 214 g/mol. The van der Waals surface area contributed by atoms with Crippen LogP contribution in [0.5, 0.6) is 0 Å². The highest BCUT2D eigenvalue weighted by atomic mass is 16.4. The first-order chi connectivity index (χ1) is 6.54. The Kier molecular flexibility index (Phi) is 12.5. The molecule has 0 fully saturated rings. The van der Waals surface area contributed by atoms with Crippen LogP contribution in [0.25, 0.3) is 0 Å². The first-order valence-electron chi connectivity index (χ1n) is 4.02. The third kappa shape index (κ3) is 8.32. The summed E-state index contributed by atoms with van der Waals surface area (Å²) < 4.78 is 0. The molecule has 0 aliphatic heterocycles. The van der Waals surface area contributed by atoms with E-state index in [1.54, 1.807) is 0 Å². The second-order valence-corrected chi connectivity index (χ2v) is 2.44.